The summed E-state index contributed by atoms with van der Waals surface area (Å²) in [6.45, 7) is 0.180. The number of carbonyl (C=O) groups excluding carboxylic acids is 1. The van der Waals surface area contributed by atoms with Gasteiger partial charge in [0.05, 0.1) is 11.0 Å². The quantitative estimate of drug-likeness (QED) is 0.622. The molecule has 0 spiro atoms. The molecule has 2 aromatic carbocycles. The van der Waals surface area contributed by atoms with Crippen LogP contribution in [-0.2, 0) is 11.4 Å². The Balaban J connectivity index is 1.78. The molecule has 0 unspecified atom stereocenters. The Kier molecular flexibility index (Phi) is 5.63. The van der Waals surface area contributed by atoms with Gasteiger partial charge in [-0.1, -0.05) is 30.3 Å². The van der Waals surface area contributed by atoms with E-state index in [2.05, 4.69) is 4.98 Å². The molecule has 0 aliphatic rings. The van der Waals surface area contributed by atoms with Crippen LogP contribution in [0.1, 0.15) is 36.3 Å². The van der Waals surface area contributed by atoms with Crippen molar-refractivity contribution in [1.29, 1.82) is 0 Å². The number of carbonyl (C=O) groups is 2. The molecule has 0 bridgehead atoms. The van der Waals surface area contributed by atoms with E-state index in [9.17, 15) is 9.59 Å². The smallest absolute Gasteiger partial charge is 0.303 e. The van der Waals surface area contributed by atoms with Crippen LogP contribution in [0.2, 0.25) is 0 Å². The van der Waals surface area contributed by atoms with E-state index in [1.807, 2.05) is 54.6 Å². The van der Waals surface area contributed by atoms with Crippen molar-refractivity contribution in [2.75, 3.05) is 0 Å². The largest absolute Gasteiger partial charge is 0.486 e. The van der Waals surface area contributed by atoms with Gasteiger partial charge >= 0.3 is 5.97 Å². The third-order valence-electron chi connectivity index (χ3n) is 4.02. The van der Waals surface area contributed by atoms with Gasteiger partial charge in [0.1, 0.15) is 12.4 Å². The summed E-state index contributed by atoms with van der Waals surface area (Å²) in [5.41, 5.74) is 1.47. The number of imidazole rings is 1. The van der Waals surface area contributed by atoms with E-state index in [4.69, 9.17) is 9.84 Å². The molecule has 0 radical (unpaired) electrons. The average molecular weight is 352 g/mol. The lowest BCUT2D eigenvalue weighted by molar-refractivity contribution is -0.137. The summed E-state index contributed by atoms with van der Waals surface area (Å²) in [7, 11) is 0. The van der Waals surface area contributed by atoms with E-state index in [1.165, 1.54) is 0 Å². The first-order chi connectivity index (χ1) is 12.6. The minimum atomic E-state index is -0.845. The van der Waals surface area contributed by atoms with Gasteiger partial charge in [0.25, 0.3) is 0 Å². The first kappa shape index (κ1) is 17.7. The molecule has 0 fully saturated rings. The fraction of sp³-hybridized carbons (Fsp3) is 0.250. The molecule has 0 aliphatic heterocycles. The third kappa shape index (κ3) is 4.27. The summed E-state index contributed by atoms with van der Waals surface area (Å²) < 4.78 is 7.34. The number of carboxylic acid groups (broad SMARTS) is 1. The number of ether oxygens (including phenoxy) is 1. The molecular formula is C20H20N2O4. The maximum Gasteiger partial charge on any atom is 0.303 e. The number of rotatable bonds is 8. The fourth-order valence-corrected chi connectivity index (χ4v) is 2.78. The zero-order valence-electron chi connectivity index (χ0n) is 14.3. The number of unbranched alkanes of at least 4 members (excludes halogenated alkanes) is 1. The molecule has 6 nitrogen and oxygen atoms in total. The molecule has 134 valence electrons. The highest BCUT2D eigenvalue weighted by Crippen LogP contribution is 2.19. The van der Waals surface area contributed by atoms with Gasteiger partial charge in [-0.2, -0.15) is 0 Å². The number of aromatic nitrogens is 2. The van der Waals surface area contributed by atoms with Gasteiger partial charge in [-0.15, -0.1) is 0 Å². The minimum absolute atomic E-state index is 0.0714. The standard InChI is InChI=1S/C20H20N2O4/c23-19(12-6-7-13-20(24)25)22-17-11-5-4-10-16(17)21-18(22)14-26-15-8-2-1-3-9-15/h1-5,8-11H,6-7,12-14H2,(H,24,25). The molecule has 1 heterocycles. The zero-order valence-corrected chi connectivity index (χ0v) is 14.3. The van der Waals surface area contributed by atoms with Gasteiger partial charge < -0.3 is 9.84 Å². The molecule has 3 aromatic rings. The molecule has 1 aromatic heterocycles. The predicted molar refractivity (Wildman–Crippen MR) is 97.2 cm³/mol. The van der Waals surface area contributed by atoms with Crippen molar-refractivity contribution in [1.82, 2.24) is 9.55 Å². The lowest BCUT2D eigenvalue weighted by Crippen LogP contribution is -2.15. The van der Waals surface area contributed by atoms with Crippen molar-refractivity contribution in [3.8, 4) is 5.75 Å². The van der Waals surface area contributed by atoms with Crippen molar-refractivity contribution >= 4 is 22.9 Å². The summed E-state index contributed by atoms with van der Waals surface area (Å²) in [5, 5.41) is 8.71. The van der Waals surface area contributed by atoms with E-state index in [0.717, 1.165) is 11.0 Å². The molecule has 0 amide bonds. The number of benzene rings is 2. The molecule has 26 heavy (non-hydrogen) atoms. The molecule has 0 saturated heterocycles. The van der Waals surface area contributed by atoms with Crippen LogP contribution in [-0.4, -0.2) is 26.5 Å². The van der Waals surface area contributed by atoms with E-state index >= 15 is 0 Å². The highest BCUT2D eigenvalue weighted by Gasteiger charge is 2.17. The van der Waals surface area contributed by atoms with Crippen molar-refractivity contribution in [3.05, 3.63) is 60.4 Å². The number of hydrogen-bond donors (Lipinski definition) is 1. The Morgan fingerprint density at radius 1 is 0.962 bits per heavy atom. The summed E-state index contributed by atoms with van der Waals surface area (Å²) >= 11 is 0. The van der Waals surface area contributed by atoms with E-state index in [0.29, 0.717) is 24.4 Å². The molecule has 1 N–H and O–H groups in total. The maximum absolute atomic E-state index is 12.7. The second kappa shape index (κ2) is 8.29. The van der Waals surface area contributed by atoms with Crippen LogP contribution in [0.4, 0.5) is 0 Å². The van der Waals surface area contributed by atoms with Crippen LogP contribution in [0.5, 0.6) is 5.75 Å². The van der Waals surface area contributed by atoms with Crippen molar-refractivity contribution in [3.63, 3.8) is 0 Å². The Morgan fingerprint density at radius 2 is 1.65 bits per heavy atom. The first-order valence-corrected chi connectivity index (χ1v) is 8.54. The zero-order chi connectivity index (χ0) is 18.4. The normalized spacial score (nSPS) is 10.8. The average Bonchev–Trinajstić information content (AvgIpc) is 3.02. The number of para-hydroxylation sites is 3. The molecule has 0 aliphatic carbocycles. The second-order valence-electron chi connectivity index (χ2n) is 5.95. The molecule has 3 rings (SSSR count). The second-order valence-corrected chi connectivity index (χ2v) is 5.95. The number of fused-ring (bicyclic) bond motifs is 1. The van der Waals surface area contributed by atoms with E-state index < -0.39 is 5.97 Å². The highest BCUT2D eigenvalue weighted by molar-refractivity contribution is 5.91. The number of carboxylic acids is 1. The van der Waals surface area contributed by atoms with E-state index in [1.54, 1.807) is 4.57 Å². The Morgan fingerprint density at radius 3 is 2.42 bits per heavy atom. The van der Waals surface area contributed by atoms with Gasteiger partial charge in [0, 0.05) is 12.8 Å². The Hall–Kier alpha value is -3.15. The van der Waals surface area contributed by atoms with Crippen LogP contribution >= 0.6 is 0 Å². The highest BCUT2D eigenvalue weighted by atomic mass is 16.5. The number of nitrogens with zero attached hydrogens (tertiary/aromatic N) is 2. The van der Waals surface area contributed by atoms with E-state index in [-0.39, 0.29) is 25.4 Å². The lowest BCUT2D eigenvalue weighted by Gasteiger charge is -2.09. The summed E-state index contributed by atoms with van der Waals surface area (Å²) in [6.07, 6.45) is 1.34. The Labute approximate surface area is 151 Å². The van der Waals surface area contributed by atoms with Gasteiger partial charge in [0.2, 0.25) is 5.91 Å². The number of hydrogen-bond acceptors (Lipinski definition) is 4. The van der Waals surface area contributed by atoms with Crippen molar-refractivity contribution in [2.24, 2.45) is 0 Å². The van der Waals surface area contributed by atoms with Crippen molar-refractivity contribution in [2.45, 2.75) is 32.3 Å². The fourth-order valence-electron chi connectivity index (χ4n) is 2.78. The third-order valence-corrected chi connectivity index (χ3v) is 4.02. The van der Waals surface area contributed by atoms with Crippen molar-refractivity contribution < 1.29 is 19.4 Å². The minimum Gasteiger partial charge on any atom is -0.486 e. The molecule has 0 saturated carbocycles. The lowest BCUT2D eigenvalue weighted by atomic mass is 10.2. The van der Waals surface area contributed by atoms with Gasteiger partial charge in [-0.3, -0.25) is 14.2 Å². The summed E-state index contributed by atoms with van der Waals surface area (Å²) in [6, 6.07) is 16.8. The molecule has 0 atom stereocenters. The van der Waals surface area contributed by atoms with Crippen LogP contribution in [0.3, 0.4) is 0 Å². The number of aliphatic carboxylic acids is 1. The summed E-state index contributed by atoms with van der Waals surface area (Å²) in [4.78, 5) is 27.8. The van der Waals surface area contributed by atoms with Crippen LogP contribution in [0.15, 0.2) is 54.6 Å². The first-order valence-electron chi connectivity index (χ1n) is 8.54. The van der Waals surface area contributed by atoms with Gasteiger partial charge in [0.15, 0.2) is 5.82 Å². The van der Waals surface area contributed by atoms with Crippen LogP contribution < -0.4 is 4.74 Å². The SMILES string of the molecule is O=C(O)CCCCC(=O)n1c(COc2ccccc2)nc2ccccc21. The Bertz CT molecular complexity index is 903. The monoisotopic (exact) mass is 352 g/mol. The van der Waals surface area contributed by atoms with Crippen LogP contribution in [0.25, 0.3) is 11.0 Å². The summed E-state index contributed by atoms with van der Waals surface area (Å²) in [5.74, 6) is 0.302. The predicted octanol–water partition coefficient (Wildman–Crippen LogP) is 3.90. The topological polar surface area (TPSA) is 81.4 Å². The van der Waals surface area contributed by atoms with Gasteiger partial charge in [-0.25, -0.2) is 4.98 Å². The molecular weight excluding hydrogens is 332 g/mol. The van der Waals surface area contributed by atoms with Crippen LogP contribution in [0, 0.1) is 0 Å². The van der Waals surface area contributed by atoms with Gasteiger partial charge in [-0.05, 0) is 37.1 Å². The molecule has 6 heteroatoms. The maximum atomic E-state index is 12.7.